The average Bonchev–Trinajstić information content (AvgIpc) is 2.60. The summed E-state index contributed by atoms with van der Waals surface area (Å²) >= 11 is 0. The third-order valence-electron chi connectivity index (χ3n) is 4.52. The van der Waals surface area contributed by atoms with E-state index in [-0.39, 0.29) is 11.9 Å². The Bertz CT molecular complexity index is 681. The van der Waals surface area contributed by atoms with Crippen LogP contribution in [0.15, 0.2) is 48.5 Å². The molecule has 2 aromatic rings. The Labute approximate surface area is 137 Å². The lowest BCUT2D eigenvalue weighted by molar-refractivity contribution is -0.121. The first-order chi connectivity index (χ1) is 11.3. The van der Waals surface area contributed by atoms with E-state index in [9.17, 15) is 4.79 Å². The molecule has 0 saturated carbocycles. The van der Waals surface area contributed by atoms with Crippen molar-refractivity contribution in [1.82, 2.24) is 5.32 Å². The van der Waals surface area contributed by atoms with Crippen LogP contribution in [0.1, 0.15) is 42.0 Å². The van der Waals surface area contributed by atoms with Gasteiger partial charge in [-0.25, -0.2) is 0 Å². The van der Waals surface area contributed by atoms with Crippen molar-refractivity contribution < 1.29 is 9.53 Å². The van der Waals surface area contributed by atoms with E-state index in [0.29, 0.717) is 12.8 Å². The Morgan fingerprint density at radius 1 is 1.17 bits per heavy atom. The molecule has 0 aromatic heterocycles. The van der Waals surface area contributed by atoms with E-state index < -0.39 is 0 Å². The van der Waals surface area contributed by atoms with Gasteiger partial charge in [-0.1, -0.05) is 42.5 Å². The van der Waals surface area contributed by atoms with Crippen LogP contribution >= 0.6 is 0 Å². The lowest BCUT2D eigenvalue weighted by Gasteiger charge is -2.26. The second-order valence-corrected chi connectivity index (χ2v) is 6.02. The van der Waals surface area contributed by atoms with E-state index in [1.54, 1.807) is 7.11 Å². The van der Waals surface area contributed by atoms with Gasteiger partial charge in [0.2, 0.25) is 5.91 Å². The molecule has 120 valence electrons. The number of benzene rings is 2. The second-order valence-electron chi connectivity index (χ2n) is 6.02. The molecule has 23 heavy (non-hydrogen) atoms. The minimum absolute atomic E-state index is 0.109. The van der Waals surface area contributed by atoms with Gasteiger partial charge in [-0.2, -0.15) is 0 Å². The highest BCUT2D eigenvalue weighted by Crippen LogP contribution is 2.29. The summed E-state index contributed by atoms with van der Waals surface area (Å²) in [6.07, 6.45) is 4.46. The molecule has 0 radical (unpaired) electrons. The smallest absolute Gasteiger partial charge is 0.220 e. The highest BCUT2D eigenvalue weighted by Gasteiger charge is 2.21. The van der Waals surface area contributed by atoms with Crippen LogP contribution < -0.4 is 10.1 Å². The molecule has 2 aromatic carbocycles. The van der Waals surface area contributed by atoms with E-state index in [0.717, 1.165) is 30.6 Å². The third kappa shape index (κ3) is 3.73. The third-order valence-corrected chi connectivity index (χ3v) is 4.52. The highest BCUT2D eigenvalue weighted by molar-refractivity contribution is 5.77. The lowest BCUT2D eigenvalue weighted by Crippen LogP contribution is -2.31. The molecule has 3 heteroatoms. The van der Waals surface area contributed by atoms with Crippen molar-refractivity contribution in [3.05, 3.63) is 65.2 Å². The predicted molar refractivity (Wildman–Crippen MR) is 91.6 cm³/mol. The molecule has 1 unspecified atom stereocenters. The number of carbonyl (C=O) groups excluding carboxylic acids is 1. The quantitative estimate of drug-likeness (QED) is 0.912. The summed E-state index contributed by atoms with van der Waals surface area (Å²) in [7, 11) is 1.66. The molecule has 0 heterocycles. The molecule has 1 N–H and O–H groups in total. The summed E-state index contributed by atoms with van der Waals surface area (Å²) in [5, 5.41) is 3.20. The van der Waals surface area contributed by atoms with Gasteiger partial charge in [0.25, 0.3) is 0 Å². The predicted octanol–water partition coefficient (Wildman–Crippen LogP) is 3.82. The van der Waals surface area contributed by atoms with Crippen molar-refractivity contribution in [3.8, 4) is 5.75 Å². The van der Waals surface area contributed by atoms with Gasteiger partial charge in [-0.05, 0) is 48.4 Å². The zero-order valence-corrected chi connectivity index (χ0v) is 13.5. The van der Waals surface area contributed by atoms with Crippen LogP contribution in [-0.4, -0.2) is 13.0 Å². The summed E-state index contributed by atoms with van der Waals surface area (Å²) < 4.78 is 5.34. The lowest BCUT2D eigenvalue weighted by atomic mass is 9.87. The number of rotatable bonds is 5. The Kier molecular flexibility index (Phi) is 4.96. The number of hydrogen-bond acceptors (Lipinski definition) is 2. The van der Waals surface area contributed by atoms with Crippen molar-refractivity contribution >= 4 is 5.91 Å². The topological polar surface area (TPSA) is 38.3 Å². The molecule has 0 fully saturated rings. The van der Waals surface area contributed by atoms with Gasteiger partial charge in [0.1, 0.15) is 5.75 Å². The van der Waals surface area contributed by atoms with Crippen LogP contribution in [-0.2, 0) is 17.6 Å². The molecule has 3 nitrogen and oxygen atoms in total. The molecular weight excluding hydrogens is 286 g/mol. The van der Waals surface area contributed by atoms with Crippen molar-refractivity contribution in [3.63, 3.8) is 0 Å². The van der Waals surface area contributed by atoms with Crippen LogP contribution in [0.2, 0.25) is 0 Å². The number of fused-ring (bicyclic) bond motifs is 1. The van der Waals surface area contributed by atoms with Crippen LogP contribution in [0.4, 0.5) is 0 Å². The number of amides is 1. The van der Waals surface area contributed by atoms with Gasteiger partial charge in [0, 0.05) is 6.42 Å². The van der Waals surface area contributed by atoms with Gasteiger partial charge in [0.05, 0.1) is 13.2 Å². The number of methoxy groups -OCH3 is 1. The number of carbonyl (C=O) groups is 1. The second kappa shape index (κ2) is 7.32. The zero-order chi connectivity index (χ0) is 16.1. The Morgan fingerprint density at radius 2 is 1.96 bits per heavy atom. The first-order valence-electron chi connectivity index (χ1n) is 8.27. The Balaban J connectivity index is 1.60. The first-order valence-corrected chi connectivity index (χ1v) is 8.27. The molecule has 0 aliphatic heterocycles. The van der Waals surface area contributed by atoms with Crippen molar-refractivity contribution in [2.24, 2.45) is 0 Å². The van der Waals surface area contributed by atoms with Crippen LogP contribution in [0.25, 0.3) is 0 Å². The van der Waals surface area contributed by atoms with Crippen molar-refractivity contribution in [2.75, 3.05) is 7.11 Å². The maximum atomic E-state index is 12.3. The van der Waals surface area contributed by atoms with Gasteiger partial charge < -0.3 is 10.1 Å². The van der Waals surface area contributed by atoms with E-state index in [1.807, 2.05) is 24.3 Å². The molecular formula is C20H23NO2. The van der Waals surface area contributed by atoms with Gasteiger partial charge in [-0.3, -0.25) is 4.79 Å². The maximum Gasteiger partial charge on any atom is 0.220 e. The first kappa shape index (κ1) is 15.6. The Hall–Kier alpha value is -2.29. The SMILES string of the molecule is COc1ccccc1CCC(=O)NC1CCCc2ccccc21. The fourth-order valence-corrected chi connectivity index (χ4v) is 3.33. The summed E-state index contributed by atoms with van der Waals surface area (Å²) in [6.45, 7) is 0. The number of hydrogen-bond donors (Lipinski definition) is 1. The summed E-state index contributed by atoms with van der Waals surface area (Å²) in [5.41, 5.74) is 3.73. The Morgan fingerprint density at radius 3 is 2.83 bits per heavy atom. The van der Waals surface area contributed by atoms with Gasteiger partial charge in [0.15, 0.2) is 0 Å². The minimum atomic E-state index is 0.109. The molecule has 0 saturated heterocycles. The molecule has 0 spiro atoms. The van der Waals surface area contributed by atoms with Crippen LogP contribution in [0.3, 0.4) is 0 Å². The number of ether oxygens (including phenoxy) is 1. The fraction of sp³-hybridized carbons (Fsp3) is 0.350. The maximum absolute atomic E-state index is 12.3. The summed E-state index contributed by atoms with van der Waals surface area (Å²) in [4.78, 5) is 12.3. The number of para-hydroxylation sites is 1. The normalized spacial score (nSPS) is 16.5. The van der Waals surface area contributed by atoms with E-state index in [2.05, 4.69) is 29.6 Å². The van der Waals surface area contributed by atoms with Crippen molar-refractivity contribution in [1.29, 1.82) is 0 Å². The summed E-state index contributed by atoms with van der Waals surface area (Å²) in [6, 6.07) is 16.5. The fourth-order valence-electron chi connectivity index (χ4n) is 3.33. The standard InChI is InChI=1S/C20H23NO2/c1-23-19-12-5-3-8-16(19)13-14-20(22)21-18-11-6-9-15-7-2-4-10-17(15)18/h2-5,7-8,10,12,18H,6,9,11,13-14H2,1H3,(H,21,22). The minimum Gasteiger partial charge on any atom is -0.496 e. The largest absolute Gasteiger partial charge is 0.496 e. The van der Waals surface area contributed by atoms with E-state index in [1.165, 1.54) is 11.1 Å². The molecule has 1 amide bonds. The molecule has 1 aliphatic rings. The number of nitrogens with one attached hydrogen (secondary N) is 1. The molecule has 3 rings (SSSR count). The zero-order valence-electron chi connectivity index (χ0n) is 13.5. The highest BCUT2D eigenvalue weighted by atomic mass is 16.5. The van der Waals surface area contributed by atoms with Gasteiger partial charge in [-0.15, -0.1) is 0 Å². The summed E-state index contributed by atoms with van der Waals surface area (Å²) in [5.74, 6) is 0.959. The van der Waals surface area contributed by atoms with Crippen molar-refractivity contribution in [2.45, 2.75) is 38.1 Å². The molecule has 1 atom stereocenters. The monoisotopic (exact) mass is 309 g/mol. The van der Waals surface area contributed by atoms with E-state index >= 15 is 0 Å². The van der Waals surface area contributed by atoms with Gasteiger partial charge >= 0.3 is 0 Å². The number of aryl methyl sites for hydroxylation is 2. The molecule has 1 aliphatic carbocycles. The van der Waals surface area contributed by atoms with E-state index in [4.69, 9.17) is 4.74 Å². The average molecular weight is 309 g/mol. The van der Waals surface area contributed by atoms with Crippen LogP contribution in [0, 0.1) is 0 Å². The van der Waals surface area contributed by atoms with Crippen LogP contribution in [0.5, 0.6) is 5.75 Å². The molecule has 0 bridgehead atoms.